The van der Waals surface area contributed by atoms with Crippen LogP contribution < -0.4 is 0 Å². The second-order valence-electron chi connectivity index (χ2n) is 2.30. The summed E-state index contributed by atoms with van der Waals surface area (Å²) in [5.41, 5.74) is 0. The molecule has 0 aliphatic rings. The summed E-state index contributed by atoms with van der Waals surface area (Å²) < 4.78 is 28.9. The average Bonchev–Trinajstić information content (AvgIpc) is 1.56. The summed E-state index contributed by atoms with van der Waals surface area (Å²) in [6, 6.07) is 0. The van der Waals surface area contributed by atoms with Gasteiger partial charge in [0, 0.05) is 16.7 Å². The topological polar surface area (TPSA) is 115 Å². The minimum Gasteiger partial charge on any atom is -0.344 e. The fraction of sp³-hybridized carbons (Fsp3) is 1.00. The van der Waals surface area contributed by atoms with Gasteiger partial charge in [0.25, 0.3) is 16.1 Å². The Hall–Kier alpha value is 0.00688. The average molecular weight is 202 g/mol. The van der Waals surface area contributed by atoms with Gasteiger partial charge in [0.1, 0.15) is 0 Å². The molecular formula is C3H10O6SSi. The molecule has 11 heavy (non-hydrogen) atoms. The van der Waals surface area contributed by atoms with Crippen LogP contribution in [0.2, 0.25) is 0 Å². The van der Waals surface area contributed by atoms with E-state index >= 15 is 0 Å². The van der Waals surface area contributed by atoms with Crippen molar-refractivity contribution in [3.8, 4) is 0 Å². The first-order valence-electron chi connectivity index (χ1n) is 2.76. The third-order valence-electron chi connectivity index (χ3n) is 1.07. The quantitative estimate of drug-likeness (QED) is 0.215. The van der Waals surface area contributed by atoms with Gasteiger partial charge in [-0.05, 0) is 0 Å². The smallest absolute Gasteiger partial charge is 0.276 e. The highest BCUT2D eigenvalue weighted by Gasteiger charge is 2.28. The van der Waals surface area contributed by atoms with Crippen molar-refractivity contribution in [1.82, 2.24) is 0 Å². The Balaban J connectivity index is 4.22. The van der Waals surface area contributed by atoms with E-state index in [1.165, 1.54) is 0 Å². The molecule has 0 spiro atoms. The zero-order valence-electron chi connectivity index (χ0n) is 5.80. The molecule has 0 aromatic heterocycles. The van der Waals surface area contributed by atoms with Crippen molar-refractivity contribution in [2.45, 2.75) is 17.3 Å². The number of aliphatic hydroxyl groups is 3. The highest BCUT2D eigenvalue weighted by atomic mass is 32.2. The van der Waals surface area contributed by atoms with Crippen molar-refractivity contribution in [1.29, 1.82) is 0 Å². The zero-order chi connectivity index (χ0) is 9.28. The molecule has 68 valence electrons. The van der Waals surface area contributed by atoms with Crippen LogP contribution >= 0.6 is 0 Å². The van der Waals surface area contributed by atoms with Crippen LogP contribution in [0.25, 0.3) is 0 Å². The van der Waals surface area contributed by atoms with E-state index in [-0.39, 0.29) is 10.2 Å². The van der Waals surface area contributed by atoms with Gasteiger partial charge in [-0.1, -0.05) is 0 Å². The molecule has 0 fully saturated rings. The first-order valence-corrected chi connectivity index (χ1v) is 5.42. The van der Waals surface area contributed by atoms with Gasteiger partial charge in [-0.25, -0.2) is 0 Å². The van der Waals surface area contributed by atoms with Crippen LogP contribution in [0, 0.1) is 0 Å². The summed E-state index contributed by atoms with van der Waals surface area (Å²) in [6.07, 6.45) is -0.794. The van der Waals surface area contributed by atoms with Gasteiger partial charge < -0.3 is 15.3 Å². The summed E-state index contributed by atoms with van der Waals surface area (Å²) in [6.45, 7) is 0. The van der Waals surface area contributed by atoms with Gasteiger partial charge in [0.05, 0.1) is 4.87 Å². The van der Waals surface area contributed by atoms with Gasteiger partial charge in [-0.3, -0.25) is 4.55 Å². The number of rotatable bonds is 3. The SMILES string of the molecule is O=S(=O)(O)C([SiH3])CC(O)(O)O. The summed E-state index contributed by atoms with van der Waals surface area (Å²) in [5, 5.41) is 24.9. The second kappa shape index (κ2) is 3.17. The summed E-state index contributed by atoms with van der Waals surface area (Å²) in [7, 11) is -4.24. The van der Waals surface area contributed by atoms with Crippen molar-refractivity contribution < 1.29 is 28.3 Å². The number of hydrogen-bond acceptors (Lipinski definition) is 5. The molecule has 0 heterocycles. The Morgan fingerprint density at radius 3 is 1.82 bits per heavy atom. The molecule has 4 N–H and O–H groups in total. The Kier molecular flexibility index (Phi) is 3.17. The van der Waals surface area contributed by atoms with Crippen LogP contribution in [0.4, 0.5) is 0 Å². The van der Waals surface area contributed by atoms with Gasteiger partial charge in [-0.2, -0.15) is 8.42 Å². The van der Waals surface area contributed by atoms with Crippen LogP contribution in [0.3, 0.4) is 0 Å². The van der Waals surface area contributed by atoms with Crippen molar-refractivity contribution in [3.63, 3.8) is 0 Å². The van der Waals surface area contributed by atoms with E-state index in [2.05, 4.69) is 0 Å². The van der Waals surface area contributed by atoms with Crippen molar-refractivity contribution in [2.75, 3.05) is 0 Å². The molecule has 0 radical (unpaired) electrons. The Morgan fingerprint density at radius 2 is 1.73 bits per heavy atom. The lowest BCUT2D eigenvalue weighted by atomic mass is 10.4. The van der Waals surface area contributed by atoms with Crippen LogP contribution in [0.5, 0.6) is 0 Å². The standard InChI is InChI=1S/C3H10O6SSi/c4-3(5,6)1-2(11)10(7,8)9/h2,4-6H,1H2,11H3,(H,7,8,9). The normalized spacial score (nSPS) is 16.7. The van der Waals surface area contributed by atoms with Gasteiger partial charge >= 0.3 is 0 Å². The van der Waals surface area contributed by atoms with Crippen molar-refractivity contribution in [3.05, 3.63) is 0 Å². The van der Waals surface area contributed by atoms with Gasteiger partial charge in [0.2, 0.25) is 0 Å². The molecule has 0 amide bonds. The summed E-state index contributed by atoms with van der Waals surface area (Å²) in [4.78, 5) is -1.28. The molecule has 6 nitrogen and oxygen atoms in total. The van der Waals surface area contributed by atoms with E-state index in [4.69, 9.17) is 19.9 Å². The molecule has 0 aliphatic carbocycles. The maximum atomic E-state index is 10.3. The number of hydrogen-bond donors (Lipinski definition) is 4. The Labute approximate surface area is 66.7 Å². The lowest BCUT2D eigenvalue weighted by molar-refractivity contribution is -0.312. The van der Waals surface area contributed by atoms with E-state index in [9.17, 15) is 8.42 Å². The largest absolute Gasteiger partial charge is 0.344 e. The van der Waals surface area contributed by atoms with Crippen molar-refractivity contribution in [2.24, 2.45) is 0 Å². The minimum absolute atomic E-state index is 0.0110. The monoisotopic (exact) mass is 202 g/mol. The van der Waals surface area contributed by atoms with Crippen LogP contribution in [0.15, 0.2) is 0 Å². The highest BCUT2D eigenvalue weighted by Crippen LogP contribution is 2.08. The van der Waals surface area contributed by atoms with E-state index in [0.29, 0.717) is 0 Å². The van der Waals surface area contributed by atoms with Crippen LogP contribution in [-0.4, -0.2) is 49.4 Å². The first-order chi connectivity index (χ1) is 4.63. The molecule has 1 unspecified atom stereocenters. The molecular weight excluding hydrogens is 192 g/mol. The fourth-order valence-corrected chi connectivity index (χ4v) is 1.47. The van der Waals surface area contributed by atoms with Crippen LogP contribution in [-0.2, 0) is 10.1 Å². The molecule has 0 bridgehead atoms. The van der Waals surface area contributed by atoms with E-state index in [0.717, 1.165) is 0 Å². The summed E-state index contributed by atoms with van der Waals surface area (Å²) in [5.74, 6) is -3.03. The highest BCUT2D eigenvalue weighted by molar-refractivity contribution is 7.87. The first kappa shape index (κ1) is 11.0. The lowest BCUT2D eigenvalue weighted by Crippen LogP contribution is -2.36. The molecule has 0 saturated heterocycles. The van der Waals surface area contributed by atoms with Gasteiger partial charge in [-0.15, -0.1) is 0 Å². The van der Waals surface area contributed by atoms with Crippen LogP contribution in [0.1, 0.15) is 6.42 Å². The predicted molar refractivity (Wildman–Crippen MR) is 39.3 cm³/mol. The molecule has 0 aliphatic heterocycles. The second-order valence-corrected chi connectivity index (χ2v) is 6.37. The third-order valence-corrected chi connectivity index (χ3v) is 4.45. The Bertz CT molecular complexity index is 214. The molecule has 0 aromatic carbocycles. The van der Waals surface area contributed by atoms with E-state index in [1.807, 2.05) is 0 Å². The zero-order valence-corrected chi connectivity index (χ0v) is 8.61. The molecule has 0 saturated carbocycles. The Morgan fingerprint density at radius 1 is 1.36 bits per heavy atom. The summed E-state index contributed by atoms with van der Waals surface area (Å²) >= 11 is 0. The molecule has 0 rings (SSSR count). The third kappa shape index (κ3) is 5.30. The maximum absolute atomic E-state index is 10.3. The van der Waals surface area contributed by atoms with Crippen molar-refractivity contribution >= 4 is 20.4 Å². The fourth-order valence-electron chi connectivity index (χ4n) is 0.491. The minimum atomic E-state index is -4.25. The molecule has 0 aromatic rings. The van der Waals surface area contributed by atoms with E-state index in [1.54, 1.807) is 0 Å². The van der Waals surface area contributed by atoms with E-state index < -0.39 is 27.4 Å². The molecule has 8 heteroatoms. The van der Waals surface area contributed by atoms with Gasteiger partial charge in [0.15, 0.2) is 0 Å². The molecule has 1 atom stereocenters. The predicted octanol–water partition coefficient (Wildman–Crippen LogP) is -3.41. The lowest BCUT2D eigenvalue weighted by Gasteiger charge is -2.16. The maximum Gasteiger partial charge on any atom is 0.276 e.